The van der Waals surface area contributed by atoms with Crippen molar-refractivity contribution < 1.29 is 5.11 Å². The van der Waals surface area contributed by atoms with Crippen molar-refractivity contribution in [3.05, 3.63) is 235 Å². The molecule has 0 saturated carbocycles. The van der Waals surface area contributed by atoms with E-state index in [-0.39, 0.29) is 0 Å². The molecule has 11 rings (SSSR count). The van der Waals surface area contributed by atoms with Crippen molar-refractivity contribution in [1.29, 1.82) is 0 Å². The fourth-order valence-corrected chi connectivity index (χ4v) is 10.6. The molecule has 0 unspecified atom stereocenters. The van der Waals surface area contributed by atoms with Gasteiger partial charge in [0, 0.05) is 16.9 Å². The summed E-state index contributed by atoms with van der Waals surface area (Å²) in [7, 11) is 0. The summed E-state index contributed by atoms with van der Waals surface area (Å²) < 4.78 is 0. The van der Waals surface area contributed by atoms with Crippen molar-refractivity contribution in [2.24, 2.45) is 0 Å². The molecule has 314 valence electrons. The number of fused-ring (bicyclic) bond motifs is 11. The first kappa shape index (κ1) is 40.3. The fourth-order valence-electron chi connectivity index (χ4n) is 10.6. The molecule has 0 spiro atoms. The van der Waals surface area contributed by atoms with Crippen LogP contribution >= 0.6 is 0 Å². The molecule has 65 heavy (non-hydrogen) atoms. The summed E-state index contributed by atoms with van der Waals surface area (Å²) in [4.78, 5) is 2.36. The normalized spacial score (nSPS) is 13.3. The maximum Gasteiger partial charge on any atom is 0.0805 e. The number of aliphatic hydroxyl groups is 1. The summed E-state index contributed by atoms with van der Waals surface area (Å²) in [5, 5.41) is 17.5. The Balaban J connectivity index is 1.10. The molecule has 1 atom stereocenters. The Labute approximate surface area is 382 Å². The summed E-state index contributed by atoms with van der Waals surface area (Å²) in [6, 6.07) is 77.5. The third kappa shape index (κ3) is 7.21. The lowest BCUT2D eigenvalue weighted by Crippen LogP contribution is -2.11. The minimum Gasteiger partial charge on any atom is -0.388 e. The Morgan fingerprint density at radius 1 is 0.400 bits per heavy atom. The van der Waals surface area contributed by atoms with Crippen LogP contribution in [0, 0.1) is 0 Å². The topological polar surface area (TPSA) is 23.5 Å². The van der Waals surface area contributed by atoms with Crippen LogP contribution in [-0.2, 0) is 19.3 Å². The average molecular weight is 838 g/mol. The Morgan fingerprint density at radius 2 is 0.938 bits per heavy atom. The summed E-state index contributed by atoms with van der Waals surface area (Å²) in [5.74, 6) is 0. The van der Waals surface area contributed by atoms with Gasteiger partial charge in [0.25, 0.3) is 0 Å². The second-order valence-corrected chi connectivity index (χ2v) is 17.3. The minimum absolute atomic E-state index is 0.606. The van der Waals surface area contributed by atoms with Gasteiger partial charge in [0.2, 0.25) is 0 Å². The monoisotopic (exact) mass is 837 g/mol. The van der Waals surface area contributed by atoms with Crippen LogP contribution in [0.25, 0.3) is 77.2 Å². The Morgan fingerprint density at radius 3 is 1.65 bits per heavy atom. The third-order valence-electron chi connectivity index (χ3n) is 13.7. The van der Waals surface area contributed by atoms with Crippen LogP contribution in [0.5, 0.6) is 0 Å². The van der Waals surface area contributed by atoms with Gasteiger partial charge in [-0.3, -0.25) is 0 Å². The minimum atomic E-state index is -0.656. The smallest absolute Gasteiger partial charge is 0.0805 e. The predicted molar refractivity (Wildman–Crippen MR) is 275 cm³/mol. The summed E-state index contributed by atoms with van der Waals surface area (Å²) in [6.45, 7) is 4.46. The van der Waals surface area contributed by atoms with Crippen LogP contribution in [-0.4, -0.2) is 5.11 Å². The lowest BCUT2D eigenvalue weighted by Gasteiger charge is -2.28. The molecule has 0 bridgehead atoms. The van der Waals surface area contributed by atoms with Crippen molar-refractivity contribution in [2.75, 3.05) is 4.90 Å². The van der Waals surface area contributed by atoms with E-state index in [9.17, 15) is 5.11 Å². The van der Waals surface area contributed by atoms with Crippen LogP contribution in [0.3, 0.4) is 0 Å². The molecular formula is C63H51NO. The number of hydrogen-bond donors (Lipinski definition) is 1. The van der Waals surface area contributed by atoms with Crippen molar-refractivity contribution in [2.45, 2.75) is 45.6 Å². The Hall–Kier alpha value is -7.52. The lowest BCUT2D eigenvalue weighted by molar-refractivity contribution is 0.170. The summed E-state index contributed by atoms with van der Waals surface area (Å²) in [6.07, 6.45) is 2.58. The number of hydrogen-bond acceptors (Lipinski definition) is 2. The van der Waals surface area contributed by atoms with Crippen LogP contribution < -0.4 is 4.90 Å². The Kier molecular flexibility index (Phi) is 10.7. The van der Waals surface area contributed by atoms with Gasteiger partial charge >= 0.3 is 0 Å². The largest absolute Gasteiger partial charge is 0.388 e. The van der Waals surface area contributed by atoms with Gasteiger partial charge in [-0.05, 0) is 156 Å². The van der Waals surface area contributed by atoms with Crippen molar-refractivity contribution in [1.82, 2.24) is 0 Å². The quantitative estimate of drug-likeness (QED) is 0.173. The first-order valence-corrected chi connectivity index (χ1v) is 23.2. The lowest BCUT2D eigenvalue weighted by atomic mass is 9.83. The molecule has 10 aromatic rings. The first-order valence-electron chi connectivity index (χ1n) is 23.2. The molecule has 2 nitrogen and oxygen atoms in total. The number of nitrogens with zero attached hydrogens (tertiary/aromatic N) is 1. The van der Waals surface area contributed by atoms with E-state index >= 15 is 0 Å². The van der Waals surface area contributed by atoms with E-state index in [2.05, 4.69) is 231 Å². The van der Waals surface area contributed by atoms with Gasteiger partial charge in [-0.2, -0.15) is 0 Å². The number of para-hydroxylation sites is 2. The molecule has 0 saturated heterocycles. The number of anilines is 3. The van der Waals surface area contributed by atoms with Crippen LogP contribution in [0.2, 0.25) is 0 Å². The van der Waals surface area contributed by atoms with Gasteiger partial charge < -0.3 is 10.0 Å². The highest BCUT2D eigenvalue weighted by Crippen LogP contribution is 2.48. The molecule has 0 aromatic heterocycles. The van der Waals surface area contributed by atoms with Gasteiger partial charge in [-0.1, -0.05) is 190 Å². The molecule has 1 aliphatic rings. The van der Waals surface area contributed by atoms with Gasteiger partial charge in [0.15, 0.2) is 0 Å². The van der Waals surface area contributed by atoms with Crippen molar-refractivity contribution >= 4 is 38.6 Å². The van der Waals surface area contributed by atoms with E-state index in [4.69, 9.17) is 0 Å². The predicted octanol–water partition coefficient (Wildman–Crippen LogP) is 16.9. The second-order valence-electron chi connectivity index (χ2n) is 17.3. The molecule has 0 heterocycles. The molecule has 1 aliphatic carbocycles. The van der Waals surface area contributed by atoms with Gasteiger partial charge in [-0.15, -0.1) is 0 Å². The molecule has 0 radical (unpaired) electrons. The molecule has 1 N–H and O–H groups in total. The van der Waals surface area contributed by atoms with E-state index in [0.717, 1.165) is 75.1 Å². The molecule has 10 aromatic carbocycles. The summed E-state index contributed by atoms with van der Waals surface area (Å²) >= 11 is 0. The van der Waals surface area contributed by atoms with Crippen LogP contribution in [0.4, 0.5) is 17.1 Å². The number of aliphatic hydroxyl groups excluding tert-OH is 1. The highest BCUT2D eigenvalue weighted by Gasteiger charge is 2.25. The van der Waals surface area contributed by atoms with Gasteiger partial charge in [0.05, 0.1) is 11.8 Å². The Bertz CT molecular complexity index is 3350. The maximum absolute atomic E-state index is 12.5. The molecule has 0 fully saturated rings. The van der Waals surface area contributed by atoms with E-state index in [1.165, 1.54) is 60.7 Å². The first-order chi connectivity index (χ1) is 32.1. The average Bonchev–Trinajstić information content (AvgIpc) is 3.39. The number of aryl methyl sites for hydroxylation is 3. The molecule has 2 heteroatoms. The maximum atomic E-state index is 12.5. The molecule has 0 amide bonds. The van der Waals surface area contributed by atoms with Gasteiger partial charge in [-0.25, -0.2) is 0 Å². The zero-order chi connectivity index (χ0) is 43.9. The zero-order valence-corrected chi connectivity index (χ0v) is 37.0. The zero-order valence-electron chi connectivity index (χ0n) is 37.0. The SMILES string of the molecule is CCc1cccc2c3c(ccc12)-c1cc(-c2ccc(N(c4ccccc4)c4ccccc4-c4ccccc4)cc2)ccc1-c1ccccc1-c1ccc2c(CC)cccc2c1[C@H](O)CC3. The van der Waals surface area contributed by atoms with Crippen molar-refractivity contribution in [3.63, 3.8) is 0 Å². The summed E-state index contributed by atoms with van der Waals surface area (Å²) in [5.41, 5.74) is 20.0. The van der Waals surface area contributed by atoms with Crippen molar-refractivity contribution in [3.8, 4) is 55.6 Å². The molecule has 0 aliphatic heterocycles. The highest BCUT2D eigenvalue weighted by molar-refractivity contribution is 6.02. The van der Waals surface area contributed by atoms with E-state index in [1.54, 1.807) is 0 Å². The van der Waals surface area contributed by atoms with E-state index < -0.39 is 6.10 Å². The standard InChI is InChI=1S/C63H51NO/c1-3-42-19-15-26-52-49(42)35-37-57-55(52)39-40-62(65)63-58-27-16-20-43(4-2)50(58)36-38-59(63)54-25-12-11-24-53(54)56-34-31-46(41-60(56)57)44-29-32-48(33-30-44)64(47-21-9-6-10-22-47)61-28-14-13-23-51(61)45-17-7-5-8-18-45/h5-38,41,62,65H,3-4,39-40H2,1-2H3/t62-/m1/s1. The molecular weight excluding hydrogens is 787 g/mol. The van der Waals surface area contributed by atoms with Crippen LogP contribution in [0.15, 0.2) is 212 Å². The third-order valence-corrected chi connectivity index (χ3v) is 13.7. The highest BCUT2D eigenvalue weighted by atomic mass is 16.3. The second kappa shape index (κ2) is 17.2. The number of rotatable bonds is 7. The fraction of sp³-hybridized carbons (Fsp3) is 0.111. The van der Waals surface area contributed by atoms with Crippen LogP contribution in [0.1, 0.15) is 48.6 Å². The van der Waals surface area contributed by atoms with Gasteiger partial charge in [0.1, 0.15) is 0 Å². The number of benzene rings is 10. The van der Waals surface area contributed by atoms with E-state index in [0.29, 0.717) is 6.42 Å². The van der Waals surface area contributed by atoms with E-state index in [1.807, 2.05) is 0 Å².